The number of halogens is 1. The van der Waals surface area contributed by atoms with Crippen molar-refractivity contribution in [2.24, 2.45) is 7.05 Å². The van der Waals surface area contributed by atoms with Gasteiger partial charge in [-0.3, -0.25) is 9.48 Å². The minimum Gasteiger partial charge on any atom is -0.493 e. The lowest BCUT2D eigenvalue weighted by Gasteiger charge is -2.20. The Morgan fingerprint density at radius 2 is 1.97 bits per heavy atom. The van der Waals surface area contributed by atoms with Gasteiger partial charge in [0.05, 0.1) is 36.8 Å². The average molecular weight is 397 g/mol. The third-order valence-corrected chi connectivity index (χ3v) is 5.25. The first kappa shape index (κ1) is 19.2. The second-order valence-corrected chi connectivity index (χ2v) is 7.19. The number of ether oxygens (including phenoxy) is 1. The minimum absolute atomic E-state index is 0.0520. The molecule has 0 saturated heterocycles. The number of aromatic nitrogens is 4. The Balaban J connectivity index is 1.37. The lowest BCUT2D eigenvalue weighted by Crippen LogP contribution is -2.34. The fourth-order valence-corrected chi connectivity index (χ4v) is 3.73. The number of amides is 1. The quantitative estimate of drug-likeness (QED) is 0.664. The van der Waals surface area contributed by atoms with Gasteiger partial charge in [-0.2, -0.15) is 5.10 Å². The van der Waals surface area contributed by atoms with Gasteiger partial charge in [0.25, 0.3) is 0 Å². The van der Waals surface area contributed by atoms with Crippen molar-refractivity contribution in [2.45, 2.75) is 26.3 Å². The Labute approximate surface area is 168 Å². The van der Waals surface area contributed by atoms with Crippen molar-refractivity contribution < 1.29 is 13.9 Å². The summed E-state index contributed by atoms with van der Waals surface area (Å²) >= 11 is 0. The number of imidazole rings is 1. The summed E-state index contributed by atoms with van der Waals surface area (Å²) in [6.07, 6.45) is 4.74. The molecule has 0 radical (unpaired) electrons. The monoisotopic (exact) mass is 397 g/mol. The maximum Gasteiger partial charge on any atom is 0.226 e. The Morgan fingerprint density at radius 3 is 2.69 bits per heavy atom. The van der Waals surface area contributed by atoms with E-state index in [9.17, 15) is 9.18 Å². The molecule has 0 unspecified atom stereocenters. The topological polar surface area (TPSA) is 65.2 Å². The summed E-state index contributed by atoms with van der Waals surface area (Å²) in [4.78, 5) is 19.1. The SMILES string of the molecule is Cc1cnn(C)c1-c1cnc2n1CCN(C(=O)CCOc1ccc(F)cc1)CC2. The third-order valence-electron chi connectivity index (χ3n) is 5.25. The van der Waals surface area contributed by atoms with E-state index >= 15 is 0 Å². The van der Waals surface area contributed by atoms with Crippen molar-refractivity contribution in [3.05, 3.63) is 53.9 Å². The highest BCUT2D eigenvalue weighted by molar-refractivity contribution is 5.76. The standard InChI is InChI=1S/C21H24FN5O2/c1-15-13-24-25(2)21(15)18-14-23-19-7-9-26(10-11-27(18)19)20(28)8-12-29-17-5-3-16(22)4-6-17/h3-6,13-14H,7-12H2,1-2H3. The second-order valence-electron chi connectivity index (χ2n) is 7.19. The first-order valence-electron chi connectivity index (χ1n) is 9.72. The van der Waals surface area contributed by atoms with E-state index in [1.165, 1.54) is 12.1 Å². The van der Waals surface area contributed by atoms with Gasteiger partial charge in [-0.1, -0.05) is 0 Å². The summed E-state index contributed by atoms with van der Waals surface area (Å²) in [6, 6.07) is 5.81. The first-order chi connectivity index (χ1) is 14.0. The number of hydrogen-bond donors (Lipinski definition) is 0. The molecule has 2 aromatic heterocycles. The van der Waals surface area contributed by atoms with Crippen LogP contribution in [0.2, 0.25) is 0 Å². The van der Waals surface area contributed by atoms with Crippen LogP contribution in [-0.4, -0.2) is 49.8 Å². The molecule has 0 spiro atoms. The molecule has 0 bridgehead atoms. The zero-order valence-corrected chi connectivity index (χ0v) is 16.6. The fourth-order valence-electron chi connectivity index (χ4n) is 3.73. The summed E-state index contributed by atoms with van der Waals surface area (Å²) in [7, 11) is 1.93. The zero-order valence-electron chi connectivity index (χ0n) is 16.6. The van der Waals surface area contributed by atoms with Crippen molar-refractivity contribution >= 4 is 5.91 Å². The number of fused-ring (bicyclic) bond motifs is 1. The van der Waals surface area contributed by atoms with Gasteiger partial charge in [0.15, 0.2) is 0 Å². The maximum absolute atomic E-state index is 12.9. The van der Waals surface area contributed by atoms with E-state index in [4.69, 9.17) is 4.74 Å². The predicted molar refractivity (Wildman–Crippen MR) is 106 cm³/mol. The number of nitrogens with zero attached hydrogens (tertiary/aromatic N) is 5. The number of aryl methyl sites for hydroxylation is 2. The third kappa shape index (κ3) is 4.01. The van der Waals surface area contributed by atoms with E-state index in [1.807, 2.05) is 35.9 Å². The van der Waals surface area contributed by atoms with Crippen LogP contribution in [0.25, 0.3) is 11.4 Å². The highest BCUT2D eigenvalue weighted by atomic mass is 19.1. The molecule has 3 heterocycles. The molecule has 0 saturated carbocycles. The largest absolute Gasteiger partial charge is 0.493 e. The van der Waals surface area contributed by atoms with Gasteiger partial charge in [-0.05, 0) is 36.8 Å². The van der Waals surface area contributed by atoms with Gasteiger partial charge in [0, 0.05) is 33.1 Å². The Bertz CT molecular complexity index is 989. The number of hydrogen-bond acceptors (Lipinski definition) is 4. The molecule has 29 heavy (non-hydrogen) atoms. The summed E-state index contributed by atoms with van der Waals surface area (Å²) in [5, 5.41) is 4.33. The molecule has 0 aliphatic carbocycles. The molecular formula is C21H24FN5O2. The van der Waals surface area contributed by atoms with E-state index in [-0.39, 0.29) is 24.8 Å². The van der Waals surface area contributed by atoms with Gasteiger partial charge >= 0.3 is 0 Å². The molecular weight excluding hydrogens is 373 g/mol. The molecule has 3 aromatic rings. The van der Waals surface area contributed by atoms with E-state index < -0.39 is 0 Å². The molecule has 0 atom stereocenters. The van der Waals surface area contributed by atoms with Crippen molar-refractivity contribution in [3.63, 3.8) is 0 Å². The summed E-state index contributed by atoms with van der Waals surface area (Å²) in [5.74, 6) is 1.29. The van der Waals surface area contributed by atoms with Crippen LogP contribution in [0, 0.1) is 12.7 Å². The Hall–Kier alpha value is -3.16. The lowest BCUT2D eigenvalue weighted by atomic mass is 10.2. The van der Waals surface area contributed by atoms with Gasteiger partial charge in [0.2, 0.25) is 5.91 Å². The van der Waals surface area contributed by atoms with Crippen molar-refractivity contribution in [1.82, 2.24) is 24.2 Å². The smallest absolute Gasteiger partial charge is 0.226 e. The number of carbonyl (C=O) groups is 1. The van der Waals surface area contributed by atoms with Crippen LogP contribution in [0.3, 0.4) is 0 Å². The van der Waals surface area contributed by atoms with E-state index in [1.54, 1.807) is 12.1 Å². The van der Waals surface area contributed by atoms with E-state index in [0.29, 0.717) is 31.8 Å². The maximum atomic E-state index is 12.9. The molecule has 4 rings (SSSR count). The summed E-state index contributed by atoms with van der Waals surface area (Å²) in [6.45, 7) is 4.26. The van der Waals surface area contributed by atoms with E-state index in [2.05, 4.69) is 14.6 Å². The summed E-state index contributed by atoms with van der Waals surface area (Å²) in [5.41, 5.74) is 3.19. The predicted octanol–water partition coefficient (Wildman–Crippen LogP) is 2.58. The van der Waals surface area contributed by atoms with Crippen LogP contribution in [0.5, 0.6) is 5.75 Å². The van der Waals surface area contributed by atoms with Crippen LogP contribution in [0.1, 0.15) is 17.8 Å². The molecule has 1 amide bonds. The second kappa shape index (κ2) is 8.06. The van der Waals surface area contributed by atoms with Crippen molar-refractivity contribution in [2.75, 3.05) is 19.7 Å². The highest BCUT2D eigenvalue weighted by Crippen LogP contribution is 2.25. The molecule has 152 valence electrons. The van der Waals surface area contributed by atoms with Crippen LogP contribution in [-0.2, 0) is 24.8 Å². The van der Waals surface area contributed by atoms with E-state index in [0.717, 1.165) is 22.8 Å². The average Bonchev–Trinajstić information content (AvgIpc) is 3.17. The molecule has 8 heteroatoms. The molecule has 7 nitrogen and oxygen atoms in total. The number of benzene rings is 1. The van der Waals surface area contributed by atoms with Crippen LogP contribution >= 0.6 is 0 Å². The first-order valence-corrected chi connectivity index (χ1v) is 9.72. The molecule has 0 N–H and O–H groups in total. The Kier molecular flexibility index (Phi) is 5.33. The lowest BCUT2D eigenvalue weighted by molar-refractivity contribution is -0.131. The highest BCUT2D eigenvalue weighted by Gasteiger charge is 2.23. The van der Waals surface area contributed by atoms with Crippen molar-refractivity contribution in [3.8, 4) is 17.1 Å². The summed E-state index contributed by atoms with van der Waals surface area (Å²) < 4.78 is 22.5. The molecule has 1 aliphatic heterocycles. The minimum atomic E-state index is -0.309. The van der Waals surface area contributed by atoms with Gasteiger partial charge in [-0.25, -0.2) is 9.37 Å². The fraction of sp³-hybridized carbons (Fsp3) is 0.381. The Morgan fingerprint density at radius 1 is 1.17 bits per heavy atom. The van der Waals surface area contributed by atoms with Crippen LogP contribution < -0.4 is 4.74 Å². The van der Waals surface area contributed by atoms with Crippen molar-refractivity contribution in [1.29, 1.82) is 0 Å². The number of carbonyl (C=O) groups excluding carboxylic acids is 1. The number of rotatable bonds is 5. The normalized spacial score (nSPS) is 13.8. The zero-order chi connectivity index (χ0) is 20.4. The molecule has 0 fully saturated rings. The van der Waals surface area contributed by atoms with Gasteiger partial charge in [0.1, 0.15) is 17.4 Å². The molecule has 1 aliphatic rings. The molecule has 1 aromatic carbocycles. The van der Waals surface area contributed by atoms with Gasteiger partial charge in [-0.15, -0.1) is 0 Å². The van der Waals surface area contributed by atoms with Gasteiger partial charge < -0.3 is 14.2 Å². The van der Waals surface area contributed by atoms with Crippen LogP contribution in [0.4, 0.5) is 4.39 Å². The van der Waals surface area contributed by atoms with Crippen LogP contribution in [0.15, 0.2) is 36.7 Å².